The summed E-state index contributed by atoms with van der Waals surface area (Å²) in [4.78, 5) is 38.4. The first-order valence-electron chi connectivity index (χ1n) is 8.37. The molecule has 0 aromatic heterocycles. The summed E-state index contributed by atoms with van der Waals surface area (Å²) in [7, 11) is 0. The van der Waals surface area contributed by atoms with E-state index in [4.69, 9.17) is 0 Å². The number of carbonyl (C=O) groups excluding carboxylic acids is 3. The van der Waals surface area contributed by atoms with Crippen molar-refractivity contribution in [1.82, 2.24) is 10.2 Å². The second-order valence-electron chi connectivity index (χ2n) is 6.73. The van der Waals surface area contributed by atoms with Crippen LogP contribution in [0.25, 0.3) is 0 Å². The van der Waals surface area contributed by atoms with E-state index in [1.807, 2.05) is 56.3 Å². The van der Waals surface area contributed by atoms with Crippen LogP contribution in [0, 0.1) is 13.8 Å². The minimum absolute atomic E-state index is 0.333. The molecule has 4 amide bonds. The van der Waals surface area contributed by atoms with Gasteiger partial charge in [-0.25, -0.2) is 4.79 Å². The molecule has 2 aromatic rings. The lowest BCUT2D eigenvalue weighted by Crippen LogP contribution is -2.42. The molecule has 3 rings (SSSR count). The number of nitrogens with zero attached hydrogens (tertiary/aromatic N) is 1. The Hall–Kier alpha value is -3.15. The highest BCUT2D eigenvalue weighted by molar-refractivity contribution is 6.10. The Morgan fingerprint density at radius 1 is 1.08 bits per heavy atom. The molecule has 0 bridgehead atoms. The SMILES string of the molecule is Cc1ccc(C2(C)NC(=O)N(CC(=O)Nc3cccc(C)c3)C2=O)cc1. The number of hydrogen-bond acceptors (Lipinski definition) is 3. The fraction of sp³-hybridized carbons (Fsp3) is 0.250. The molecule has 0 aliphatic carbocycles. The van der Waals surface area contributed by atoms with Gasteiger partial charge >= 0.3 is 6.03 Å². The van der Waals surface area contributed by atoms with Crippen LogP contribution < -0.4 is 10.6 Å². The first kappa shape index (κ1) is 17.7. The van der Waals surface area contributed by atoms with E-state index in [-0.39, 0.29) is 6.54 Å². The number of amides is 4. The van der Waals surface area contributed by atoms with E-state index in [1.54, 1.807) is 13.0 Å². The van der Waals surface area contributed by atoms with Gasteiger partial charge in [0.05, 0.1) is 0 Å². The number of anilines is 1. The maximum atomic E-state index is 12.8. The van der Waals surface area contributed by atoms with Crippen molar-refractivity contribution in [2.75, 3.05) is 11.9 Å². The van der Waals surface area contributed by atoms with Crippen LogP contribution in [-0.4, -0.2) is 29.3 Å². The number of rotatable bonds is 4. The van der Waals surface area contributed by atoms with Gasteiger partial charge in [-0.05, 0) is 44.0 Å². The summed E-state index contributed by atoms with van der Waals surface area (Å²) in [6, 6.07) is 14.1. The van der Waals surface area contributed by atoms with Gasteiger partial charge in [-0.1, -0.05) is 42.0 Å². The number of benzene rings is 2. The van der Waals surface area contributed by atoms with Crippen molar-refractivity contribution in [3.63, 3.8) is 0 Å². The molecule has 0 saturated carbocycles. The molecule has 1 fully saturated rings. The molecule has 2 aromatic carbocycles. The van der Waals surface area contributed by atoms with E-state index in [0.717, 1.165) is 16.0 Å². The van der Waals surface area contributed by atoms with Gasteiger partial charge in [-0.15, -0.1) is 0 Å². The van der Waals surface area contributed by atoms with Gasteiger partial charge < -0.3 is 10.6 Å². The second kappa shape index (κ2) is 6.63. The van der Waals surface area contributed by atoms with Gasteiger partial charge in [0.1, 0.15) is 12.1 Å². The van der Waals surface area contributed by atoms with Crippen molar-refractivity contribution in [2.24, 2.45) is 0 Å². The number of aryl methyl sites for hydroxylation is 2. The maximum absolute atomic E-state index is 12.8. The monoisotopic (exact) mass is 351 g/mol. The summed E-state index contributed by atoms with van der Waals surface area (Å²) >= 11 is 0. The Morgan fingerprint density at radius 3 is 2.42 bits per heavy atom. The van der Waals surface area contributed by atoms with Crippen molar-refractivity contribution in [3.8, 4) is 0 Å². The average molecular weight is 351 g/mol. The van der Waals surface area contributed by atoms with E-state index >= 15 is 0 Å². The summed E-state index contributed by atoms with van der Waals surface area (Å²) in [6.07, 6.45) is 0. The number of carbonyl (C=O) groups is 3. The van der Waals surface area contributed by atoms with Gasteiger partial charge in [0, 0.05) is 5.69 Å². The fourth-order valence-corrected chi connectivity index (χ4v) is 2.99. The van der Waals surface area contributed by atoms with Crippen LogP contribution >= 0.6 is 0 Å². The highest BCUT2D eigenvalue weighted by Gasteiger charge is 2.49. The number of hydrogen-bond donors (Lipinski definition) is 2. The van der Waals surface area contributed by atoms with Gasteiger partial charge in [0.25, 0.3) is 5.91 Å². The predicted molar refractivity (Wildman–Crippen MR) is 98.6 cm³/mol. The van der Waals surface area contributed by atoms with Gasteiger partial charge in [0.2, 0.25) is 5.91 Å². The number of urea groups is 1. The minimum Gasteiger partial charge on any atom is -0.325 e. The molecule has 1 aliphatic rings. The lowest BCUT2D eigenvalue weighted by atomic mass is 9.91. The van der Waals surface area contributed by atoms with Crippen molar-refractivity contribution >= 4 is 23.5 Å². The standard InChI is InChI=1S/C20H21N3O3/c1-13-7-9-15(10-8-13)20(3)18(25)23(19(26)22-20)12-17(24)21-16-6-4-5-14(2)11-16/h4-11H,12H2,1-3H3,(H,21,24)(H,22,26). The average Bonchev–Trinajstić information content (AvgIpc) is 2.79. The first-order chi connectivity index (χ1) is 12.3. The molecule has 0 spiro atoms. The van der Waals surface area contributed by atoms with Crippen LogP contribution in [0.4, 0.5) is 10.5 Å². The normalized spacial score (nSPS) is 19.4. The van der Waals surface area contributed by atoms with Crippen molar-refractivity contribution in [2.45, 2.75) is 26.3 Å². The summed E-state index contributed by atoms with van der Waals surface area (Å²) in [6.45, 7) is 5.18. The third-order valence-electron chi connectivity index (χ3n) is 4.51. The molecule has 1 aliphatic heterocycles. The summed E-state index contributed by atoms with van der Waals surface area (Å²) in [5.41, 5.74) is 2.20. The summed E-state index contributed by atoms with van der Waals surface area (Å²) in [5, 5.41) is 5.41. The lowest BCUT2D eigenvalue weighted by molar-refractivity contribution is -0.133. The van der Waals surface area contributed by atoms with Crippen LogP contribution in [0.15, 0.2) is 48.5 Å². The van der Waals surface area contributed by atoms with E-state index in [9.17, 15) is 14.4 Å². The Morgan fingerprint density at radius 2 is 1.77 bits per heavy atom. The quantitative estimate of drug-likeness (QED) is 0.832. The second-order valence-corrected chi connectivity index (χ2v) is 6.73. The van der Waals surface area contributed by atoms with Crippen LogP contribution in [0.5, 0.6) is 0 Å². The molecule has 6 heteroatoms. The van der Waals surface area contributed by atoms with E-state index in [0.29, 0.717) is 11.3 Å². The Labute approximate surface area is 152 Å². The molecule has 26 heavy (non-hydrogen) atoms. The zero-order chi connectivity index (χ0) is 18.9. The van der Waals surface area contributed by atoms with Crippen molar-refractivity contribution in [3.05, 3.63) is 65.2 Å². The molecule has 1 saturated heterocycles. The molecular formula is C20H21N3O3. The van der Waals surface area contributed by atoms with E-state index in [1.165, 1.54) is 0 Å². The number of nitrogens with one attached hydrogen (secondary N) is 2. The minimum atomic E-state index is -1.17. The first-order valence-corrected chi connectivity index (χ1v) is 8.37. The lowest BCUT2D eigenvalue weighted by Gasteiger charge is -2.22. The van der Waals surface area contributed by atoms with Gasteiger partial charge in [-0.2, -0.15) is 0 Å². The molecule has 1 heterocycles. The van der Waals surface area contributed by atoms with Crippen molar-refractivity contribution in [1.29, 1.82) is 0 Å². The zero-order valence-electron chi connectivity index (χ0n) is 15.0. The zero-order valence-corrected chi connectivity index (χ0v) is 15.0. The predicted octanol–water partition coefficient (Wildman–Crippen LogP) is 2.71. The van der Waals surface area contributed by atoms with Crippen LogP contribution in [0.3, 0.4) is 0 Å². The molecule has 134 valence electrons. The highest BCUT2D eigenvalue weighted by Crippen LogP contribution is 2.28. The molecular weight excluding hydrogens is 330 g/mol. The fourth-order valence-electron chi connectivity index (χ4n) is 2.99. The largest absolute Gasteiger partial charge is 0.325 e. The van der Waals surface area contributed by atoms with Crippen LogP contribution in [0.1, 0.15) is 23.6 Å². The molecule has 1 unspecified atom stereocenters. The van der Waals surface area contributed by atoms with E-state index < -0.39 is 23.4 Å². The smallest absolute Gasteiger partial charge is 0.325 e. The summed E-state index contributed by atoms with van der Waals surface area (Å²) in [5.74, 6) is -0.863. The maximum Gasteiger partial charge on any atom is 0.325 e. The van der Waals surface area contributed by atoms with E-state index in [2.05, 4.69) is 10.6 Å². The van der Waals surface area contributed by atoms with Crippen molar-refractivity contribution < 1.29 is 14.4 Å². The van der Waals surface area contributed by atoms with Gasteiger partial charge in [-0.3, -0.25) is 14.5 Å². The molecule has 6 nitrogen and oxygen atoms in total. The molecule has 1 atom stereocenters. The Kier molecular flexibility index (Phi) is 4.50. The molecule has 2 N–H and O–H groups in total. The van der Waals surface area contributed by atoms with Gasteiger partial charge in [0.15, 0.2) is 0 Å². The Bertz CT molecular complexity index is 876. The third-order valence-corrected chi connectivity index (χ3v) is 4.51. The van der Waals surface area contributed by atoms with Crippen LogP contribution in [0.2, 0.25) is 0 Å². The summed E-state index contributed by atoms with van der Waals surface area (Å²) < 4.78 is 0. The molecule has 0 radical (unpaired) electrons. The Balaban J connectivity index is 1.74. The third kappa shape index (κ3) is 3.31. The van der Waals surface area contributed by atoms with Crippen LogP contribution in [-0.2, 0) is 15.1 Å². The topological polar surface area (TPSA) is 78.5 Å². The number of imide groups is 1. The highest BCUT2D eigenvalue weighted by atomic mass is 16.2.